The van der Waals surface area contributed by atoms with Crippen LogP contribution < -0.4 is 0 Å². The Morgan fingerprint density at radius 2 is 1.83 bits per heavy atom. The molecule has 0 spiro atoms. The van der Waals surface area contributed by atoms with Gasteiger partial charge in [0.1, 0.15) is 0 Å². The number of hydrogen-bond donors (Lipinski definition) is 1. The van der Waals surface area contributed by atoms with Crippen molar-refractivity contribution in [3.8, 4) is 0 Å². The van der Waals surface area contributed by atoms with E-state index in [1.54, 1.807) is 4.90 Å². The van der Waals surface area contributed by atoms with E-state index in [-0.39, 0.29) is 30.6 Å². The fourth-order valence-corrected chi connectivity index (χ4v) is 2.08. The van der Waals surface area contributed by atoms with Crippen molar-refractivity contribution in [2.24, 2.45) is 5.92 Å². The molecule has 0 aromatic rings. The maximum Gasteiger partial charge on any atom is 0.308 e. The van der Waals surface area contributed by atoms with E-state index in [0.717, 1.165) is 0 Å². The topological polar surface area (TPSA) is 83.9 Å². The molecule has 1 saturated heterocycles. The van der Waals surface area contributed by atoms with Gasteiger partial charge in [-0.1, -0.05) is 0 Å². The van der Waals surface area contributed by atoms with Gasteiger partial charge in [-0.25, -0.2) is 0 Å². The summed E-state index contributed by atoms with van der Waals surface area (Å²) in [7, 11) is 1.37. The molecule has 0 bridgehead atoms. The lowest BCUT2D eigenvalue weighted by Crippen LogP contribution is -2.40. The molecule has 1 heterocycles. The first-order valence-corrected chi connectivity index (χ1v) is 6.12. The lowest BCUT2D eigenvalue weighted by atomic mass is 9.97. The molecule has 0 aromatic carbocycles. The van der Waals surface area contributed by atoms with Crippen LogP contribution in [-0.4, -0.2) is 48.1 Å². The van der Waals surface area contributed by atoms with Gasteiger partial charge in [-0.2, -0.15) is 0 Å². The molecular weight excluding hydrogens is 238 g/mol. The molecule has 0 unspecified atom stereocenters. The van der Waals surface area contributed by atoms with Crippen molar-refractivity contribution in [1.82, 2.24) is 4.90 Å². The van der Waals surface area contributed by atoms with E-state index in [1.807, 2.05) is 0 Å². The van der Waals surface area contributed by atoms with Crippen molar-refractivity contribution >= 4 is 17.8 Å². The largest absolute Gasteiger partial charge is 0.481 e. The van der Waals surface area contributed by atoms with E-state index in [0.29, 0.717) is 32.4 Å². The summed E-state index contributed by atoms with van der Waals surface area (Å²) in [5.74, 6) is -1.24. The number of amides is 1. The Bertz CT molecular complexity index is 320. The zero-order chi connectivity index (χ0) is 13.5. The molecule has 6 nitrogen and oxygen atoms in total. The highest BCUT2D eigenvalue weighted by atomic mass is 16.5. The third kappa shape index (κ3) is 4.35. The highest BCUT2D eigenvalue weighted by Crippen LogP contribution is 2.19. The number of methoxy groups -OCH3 is 1. The minimum atomic E-state index is -0.882. The number of rotatable bonds is 5. The Hall–Kier alpha value is -1.59. The molecule has 6 heteroatoms. The van der Waals surface area contributed by atoms with Crippen LogP contribution >= 0.6 is 0 Å². The van der Waals surface area contributed by atoms with Gasteiger partial charge >= 0.3 is 11.9 Å². The van der Waals surface area contributed by atoms with Crippen LogP contribution in [0.25, 0.3) is 0 Å². The smallest absolute Gasteiger partial charge is 0.308 e. The van der Waals surface area contributed by atoms with Crippen LogP contribution in [0, 0.1) is 5.92 Å². The third-order valence-corrected chi connectivity index (χ3v) is 3.16. The highest BCUT2D eigenvalue weighted by molar-refractivity contribution is 5.78. The SMILES string of the molecule is COC(=O)C1CCN(C(=O)CCCC(=O)O)CC1. The van der Waals surface area contributed by atoms with Gasteiger partial charge in [-0.15, -0.1) is 0 Å². The lowest BCUT2D eigenvalue weighted by molar-refractivity contribution is -0.149. The number of carbonyl (C=O) groups excluding carboxylic acids is 2. The van der Waals surface area contributed by atoms with E-state index in [1.165, 1.54) is 7.11 Å². The molecule has 102 valence electrons. The normalized spacial score (nSPS) is 16.4. The Kier molecular flexibility index (Phi) is 5.61. The number of nitrogens with zero attached hydrogens (tertiary/aromatic N) is 1. The van der Waals surface area contributed by atoms with Gasteiger partial charge in [0.2, 0.25) is 5.91 Å². The van der Waals surface area contributed by atoms with Crippen LogP contribution in [0.15, 0.2) is 0 Å². The lowest BCUT2D eigenvalue weighted by Gasteiger charge is -2.30. The van der Waals surface area contributed by atoms with Crippen LogP contribution in [0.4, 0.5) is 0 Å². The summed E-state index contributed by atoms with van der Waals surface area (Å²) in [5, 5.41) is 8.48. The molecule has 1 aliphatic heterocycles. The number of ether oxygens (including phenoxy) is 1. The second kappa shape index (κ2) is 6.98. The van der Waals surface area contributed by atoms with Crippen LogP contribution in [0.3, 0.4) is 0 Å². The number of hydrogen-bond acceptors (Lipinski definition) is 4. The van der Waals surface area contributed by atoms with E-state index < -0.39 is 5.97 Å². The molecule has 0 radical (unpaired) electrons. The highest BCUT2D eigenvalue weighted by Gasteiger charge is 2.27. The summed E-state index contributed by atoms with van der Waals surface area (Å²) in [6, 6.07) is 0. The van der Waals surface area contributed by atoms with Gasteiger partial charge < -0.3 is 14.7 Å². The predicted octanol–water partition coefficient (Wildman–Crippen LogP) is 0.653. The fourth-order valence-electron chi connectivity index (χ4n) is 2.08. The Labute approximate surface area is 106 Å². The second-order valence-electron chi connectivity index (χ2n) is 4.43. The van der Waals surface area contributed by atoms with E-state index in [4.69, 9.17) is 5.11 Å². The molecule has 0 aromatic heterocycles. The van der Waals surface area contributed by atoms with Crippen molar-refractivity contribution in [3.63, 3.8) is 0 Å². The molecule has 1 rings (SSSR count). The minimum absolute atomic E-state index is 0.0182. The number of carboxylic acid groups (broad SMARTS) is 1. The summed E-state index contributed by atoms with van der Waals surface area (Å²) in [4.78, 5) is 35.1. The van der Waals surface area contributed by atoms with Gasteiger partial charge in [0.25, 0.3) is 0 Å². The van der Waals surface area contributed by atoms with Crippen molar-refractivity contribution in [2.75, 3.05) is 20.2 Å². The van der Waals surface area contributed by atoms with Crippen LogP contribution in [-0.2, 0) is 19.1 Å². The summed E-state index contributed by atoms with van der Waals surface area (Å²) in [6.45, 7) is 1.09. The van der Waals surface area contributed by atoms with E-state index >= 15 is 0 Å². The number of aliphatic carboxylic acids is 1. The quantitative estimate of drug-likeness (QED) is 0.731. The third-order valence-electron chi connectivity index (χ3n) is 3.16. The fraction of sp³-hybridized carbons (Fsp3) is 0.750. The molecule has 0 aliphatic carbocycles. The van der Waals surface area contributed by atoms with Crippen LogP contribution in [0.1, 0.15) is 32.1 Å². The van der Waals surface area contributed by atoms with Crippen LogP contribution in [0.5, 0.6) is 0 Å². The van der Waals surface area contributed by atoms with Gasteiger partial charge in [0, 0.05) is 25.9 Å². The van der Waals surface area contributed by atoms with Crippen molar-refractivity contribution in [2.45, 2.75) is 32.1 Å². The van der Waals surface area contributed by atoms with Crippen LogP contribution in [0.2, 0.25) is 0 Å². The molecular formula is C12H19NO5. The maximum absolute atomic E-state index is 11.7. The zero-order valence-electron chi connectivity index (χ0n) is 10.6. The van der Waals surface area contributed by atoms with Crippen molar-refractivity contribution in [1.29, 1.82) is 0 Å². The maximum atomic E-state index is 11.7. The Morgan fingerprint density at radius 3 is 2.33 bits per heavy atom. The average molecular weight is 257 g/mol. The number of esters is 1. The Balaban J connectivity index is 2.27. The number of likely N-dealkylation sites (tertiary alicyclic amines) is 1. The van der Waals surface area contributed by atoms with E-state index in [9.17, 15) is 14.4 Å². The van der Waals surface area contributed by atoms with Crippen molar-refractivity contribution < 1.29 is 24.2 Å². The summed E-state index contributed by atoms with van der Waals surface area (Å²) >= 11 is 0. The minimum Gasteiger partial charge on any atom is -0.481 e. The standard InChI is InChI=1S/C12H19NO5/c1-18-12(17)9-5-7-13(8-6-9)10(14)3-2-4-11(15)16/h9H,2-8H2,1H3,(H,15,16). The molecule has 18 heavy (non-hydrogen) atoms. The first kappa shape index (κ1) is 14.5. The molecule has 1 N–H and O–H groups in total. The zero-order valence-corrected chi connectivity index (χ0v) is 10.6. The molecule has 1 fully saturated rings. The molecule has 0 atom stereocenters. The Morgan fingerprint density at radius 1 is 1.22 bits per heavy atom. The monoisotopic (exact) mass is 257 g/mol. The second-order valence-corrected chi connectivity index (χ2v) is 4.43. The van der Waals surface area contributed by atoms with Gasteiger partial charge in [0.15, 0.2) is 0 Å². The number of carboxylic acids is 1. The summed E-state index contributed by atoms with van der Waals surface area (Å²) in [5.41, 5.74) is 0. The van der Waals surface area contributed by atoms with Gasteiger partial charge in [0.05, 0.1) is 13.0 Å². The van der Waals surface area contributed by atoms with Gasteiger partial charge in [-0.05, 0) is 19.3 Å². The molecule has 1 amide bonds. The first-order valence-electron chi connectivity index (χ1n) is 6.12. The summed E-state index contributed by atoms with van der Waals surface area (Å²) in [6.07, 6.45) is 1.89. The number of piperidine rings is 1. The summed E-state index contributed by atoms with van der Waals surface area (Å²) < 4.78 is 4.67. The average Bonchev–Trinajstić information content (AvgIpc) is 2.37. The van der Waals surface area contributed by atoms with Crippen molar-refractivity contribution in [3.05, 3.63) is 0 Å². The predicted molar refractivity (Wildman–Crippen MR) is 62.8 cm³/mol. The number of carbonyl (C=O) groups is 3. The van der Waals surface area contributed by atoms with E-state index in [2.05, 4.69) is 4.74 Å². The molecule has 1 aliphatic rings. The van der Waals surface area contributed by atoms with Gasteiger partial charge in [-0.3, -0.25) is 14.4 Å². The molecule has 0 saturated carbocycles. The first-order chi connectivity index (χ1) is 8.54.